The first-order chi connectivity index (χ1) is 10.9. The van der Waals surface area contributed by atoms with Crippen LogP contribution in [-0.4, -0.2) is 45.7 Å². The van der Waals surface area contributed by atoms with Crippen molar-refractivity contribution in [2.75, 3.05) is 6.54 Å². The van der Waals surface area contributed by atoms with Crippen LogP contribution in [0.25, 0.3) is 0 Å². The van der Waals surface area contributed by atoms with E-state index in [4.69, 9.17) is 5.11 Å². The van der Waals surface area contributed by atoms with Gasteiger partial charge in [-0.1, -0.05) is 65.2 Å². The third-order valence-corrected chi connectivity index (χ3v) is 4.46. The van der Waals surface area contributed by atoms with Gasteiger partial charge in [0.1, 0.15) is 6.04 Å². The molecule has 0 heterocycles. The highest BCUT2D eigenvalue weighted by Gasteiger charge is 2.30. The van der Waals surface area contributed by atoms with Crippen molar-refractivity contribution in [2.45, 2.75) is 97.1 Å². The van der Waals surface area contributed by atoms with Crippen LogP contribution in [0, 0.1) is 0 Å². The monoisotopic (exact) mass is 329 g/mol. The van der Waals surface area contributed by atoms with E-state index in [1.54, 1.807) is 4.90 Å². The van der Waals surface area contributed by atoms with Crippen LogP contribution in [0.2, 0.25) is 0 Å². The van der Waals surface area contributed by atoms with Crippen LogP contribution in [-0.2, 0) is 9.59 Å². The first-order valence-electron chi connectivity index (χ1n) is 9.14. The third kappa shape index (κ3) is 10.3. The maximum absolute atomic E-state index is 11.3. The highest BCUT2D eigenvalue weighted by molar-refractivity contribution is 5.80. The summed E-state index contributed by atoms with van der Waals surface area (Å²) in [6.07, 6.45) is 10.6. The van der Waals surface area contributed by atoms with Gasteiger partial charge < -0.3 is 10.2 Å². The van der Waals surface area contributed by atoms with Crippen molar-refractivity contribution in [3.8, 4) is 0 Å². The first-order valence-corrected chi connectivity index (χ1v) is 9.14. The molecule has 2 unspecified atom stereocenters. The summed E-state index contributed by atoms with van der Waals surface area (Å²) in [6.45, 7) is 6.67. The molecule has 0 fully saturated rings. The highest BCUT2D eigenvalue weighted by Crippen LogP contribution is 2.16. The summed E-state index contributed by atoms with van der Waals surface area (Å²) >= 11 is 0. The molecule has 0 aromatic rings. The summed E-state index contributed by atoms with van der Waals surface area (Å²) in [7, 11) is 0. The van der Waals surface area contributed by atoms with E-state index in [1.807, 2.05) is 13.8 Å². The second-order valence-electron chi connectivity index (χ2n) is 6.39. The average molecular weight is 329 g/mol. The van der Waals surface area contributed by atoms with Crippen molar-refractivity contribution in [1.29, 1.82) is 0 Å². The fourth-order valence-corrected chi connectivity index (χ4v) is 3.09. The maximum atomic E-state index is 11.3. The summed E-state index contributed by atoms with van der Waals surface area (Å²) < 4.78 is 0. The molecule has 0 aliphatic rings. The minimum absolute atomic E-state index is 0.0977. The Balaban J connectivity index is 4.10. The average Bonchev–Trinajstić information content (AvgIpc) is 2.49. The van der Waals surface area contributed by atoms with Crippen molar-refractivity contribution in [1.82, 2.24) is 4.90 Å². The lowest BCUT2D eigenvalue weighted by molar-refractivity contribution is -0.150. The standard InChI is InChI=1S/C18H35NO4/c1-4-6-7-8-9-10-11-12-13-15(3)19(5-2)16(18(22)23)14-17(20)21/h15-16H,4-14H2,1-3H3,(H,20,21)(H,22,23). The lowest BCUT2D eigenvalue weighted by Gasteiger charge is -2.32. The zero-order valence-electron chi connectivity index (χ0n) is 15.1. The van der Waals surface area contributed by atoms with Crippen LogP contribution in [0.15, 0.2) is 0 Å². The van der Waals surface area contributed by atoms with E-state index in [1.165, 1.54) is 44.9 Å². The van der Waals surface area contributed by atoms with Gasteiger partial charge >= 0.3 is 11.9 Å². The normalized spacial score (nSPS) is 13.9. The number of hydrogen-bond donors (Lipinski definition) is 2. The summed E-state index contributed by atoms with van der Waals surface area (Å²) in [5.74, 6) is -2.10. The molecule has 0 amide bonds. The third-order valence-electron chi connectivity index (χ3n) is 4.46. The van der Waals surface area contributed by atoms with Gasteiger partial charge in [0.05, 0.1) is 6.42 Å². The molecule has 0 aromatic carbocycles. The molecule has 0 radical (unpaired) electrons. The number of aliphatic carboxylic acids is 2. The SMILES string of the molecule is CCCCCCCCCCC(C)N(CC)C(CC(=O)O)C(=O)O. The Morgan fingerprint density at radius 2 is 1.43 bits per heavy atom. The van der Waals surface area contributed by atoms with Gasteiger partial charge in [-0.3, -0.25) is 14.5 Å². The predicted molar refractivity (Wildman–Crippen MR) is 92.7 cm³/mol. The van der Waals surface area contributed by atoms with Gasteiger partial charge in [0, 0.05) is 6.04 Å². The number of carbonyl (C=O) groups is 2. The molecule has 2 atom stereocenters. The van der Waals surface area contributed by atoms with Gasteiger partial charge in [-0.15, -0.1) is 0 Å². The van der Waals surface area contributed by atoms with E-state index in [0.29, 0.717) is 6.54 Å². The number of nitrogens with zero attached hydrogens (tertiary/aromatic N) is 1. The van der Waals surface area contributed by atoms with Crippen LogP contribution in [0.1, 0.15) is 85.0 Å². The summed E-state index contributed by atoms with van der Waals surface area (Å²) in [5, 5.41) is 18.2. The molecular formula is C18H35NO4. The Morgan fingerprint density at radius 1 is 0.913 bits per heavy atom. The fraction of sp³-hybridized carbons (Fsp3) is 0.889. The minimum atomic E-state index is -1.06. The van der Waals surface area contributed by atoms with E-state index in [9.17, 15) is 14.7 Å². The topological polar surface area (TPSA) is 77.8 Å². The summed E-state index contributed by atoms with van der Waals surface area (Å²) in [6, 6.07) is -0.831. The number of likely N-dealkylation sites (N-methyl/N-ethyl adjacent to an activating group) is 1. The van der Waals surface area contributed by atoms with Crippen LogP contribution >= 0.6 is 0 Å². The van der Waals surface area contributed by atoms with Crippen molar-refractivity contribution in [2.24, 2.45) is 0 Å². The van der Waals surface area contributed by atoms with E-state index in [0.717, 1.165) is 12.8 Å². The Morgan fingerprint density at radius 3 is 1.87 bits per heavy atom. The number of carboxylic acid groups (broad SMARTS) is 2. The van der Waals surface area contributed by atoms with Crippen molar-refractivity contribution >= 4 is 11.9 Å². The molecule has 5 nitrogen and oxygen atoms in total. The van der Waals surface area contributed by atoms with E-state index >= 15 is 0 Å². The maximum Gasteiger partial charge on any atom is 0.321 e. The predicted octanol–water partition coefficient (Wildman–Crippen LogP) is 4.16. The molecule has 0 aromatic heterocycles. The van der Waals surface area contributed by atoms with Crippen molar-refractivity contribution in [3.63, 3.8) is 0 Å². The lowest BCUT2D eigenvalue weighted by atomic mass is 10.0. The molecule has 136 valence electrons. The molecule has 0 aliphatic heterocycles. The molecule has 23 heavy (non-hydrogen) atoms. The van der Waals surface area contributed by atoms with E-state index in [2.05, 4.69) is 6.92 Å². The number of unbranched alkanes of at least 4 members (excludes halogenated alkanes) is 7. The van der Waals surface area contributed by atoms with Gasteiger partial charge in [0.25, 0.3) is 0 Å². The molecule has 2 N–H and O–H groups in total. The summed E-state index contributed by atoms with van der Waals surface area (Å²) in [4.78, 5) is 24.0. The van der Waals surface area contributed by atoms with Crippen molar-refractivity contribution in [3.05, 3.63) is 0 Å². The number of rotatable bonds is 15. The summed E-state index contributed by atoms with van der Waals surface area (Å²) in [5.41, 5.74) is 0. The molecule has 0 saturated carbocycles. The van der Waals surface area contributed by atoms with Crippen LogP contribution in [0.3, 0.4) is 0 Å². The lowest BCUT2D eigenvalue weighted by Crippen LogP contribution is -2.47. The van der Waals surface area contributed by atoms with E-state index < -0.39 is 18.0 Å². The van der Waals surface area contributed by atoms with Crippen LogP contribution in [0.5, 0.6) is 0 Å². The quantitative estimate of drug-likeness (QED) is 0.441. The zero-order valence-corrected chi connectivity index (χ0v) is 15.1. The van der Waals surface area contributed by atoms with Crippen LogP contribution in [0.4, 0.5) is 0 Å². The van der Waals surface area contributed by atoms with E-state index in [-0.39, 0.29) is 12.5 Å². The molecule has 0 spiro atoms. The molecular weight excluding hydrogens is 294 g/mol. The number of carboxylic acids is 2. The fourth-order valence-electron chi connectivity index (χ4n) is 3.09. The Bertz CT molecular complexity index is 333. The Labute approximate surface area is 141 Å². The smallest absolute Gasteiger partial charge is 0.321 e. The van der Waals surface area contributed by atoms with Crippen LogP contribution < -0.4 is 0 Å². The number of hydrogen-bond acceptors (Lipinski definition) is 3. The Kier molecular flexibility index (Phi) is 12.7. The first kappa shape index (κ1) is 21.9. The molecule has 0 aliphatic carbocycles. The molecule has 5 heteroatoms. The molecule has 0 bridgehead atoms. The zero-order chi connectivity index (χ0) is 17.7. The second kappa shape index (κ2) is 13.3. The second-order valence-corrected chi connectivity index (χ2v) is 6.39. The highest BCUT2D eigenvalue weighted by atomic mass is 16.4. The Hall–Kier alpha value is -1.10. The van der Waals surface area contributed by atoms with Gasteiger partial charge in [-0.05, 0) is 19.9 Å². The van der Waals surface area contributed by atoms with Gasteiger partial charge in [0.15, 0.2) is 0 Å². The van der Waals surface area contributed by atoms with Gasteiger partial charge in [-0.25, -0.2) is 0 Å². The molecule has 0 rings (SSSR count). The molecule has 0 saturated heterocycles. The van der Waals surface area contributed by atoms with Gasteiger partial charge in [0.2, 0.25) is 0 Å². The largest absolute Gasteiger partial charge is 0.481 e. The van der Waals surface area contributed by atoms with Crippen molar-refractivity contribution < 1.29 is 19.8 Å². The minimum Gasteiger partial charge on any atom is -0.481 e. The van der Waals surface area contributed by atoms with Gasteiger partial charge in [-0.2, -0.15) is 0 Å².